The van der Waals surface area contributed by atoms with E-state index in [1.807, 2.05) is 51.1 Å². The number of ketones is 1. The summed E-state index contributed by atoms with van der Waals surface area (Å²) >= 11 is 0. The van der Waals surface area contributed by atoms with Gasteiger partial charge in [-0.1, -0.05) is 51.1 Å². The molecule has 29 heavy (non-hydrogen) atoms. The molecular formula is C22H27ClN2O4. The first-order valence-electron chi connectivity index (χ1n) is 9.56. The fraction of sp³-hybridized carbons (Fsp3) is 0.364. The summed E-state index contributed by atoms with van der Waals surface area (Å²) in [6, 6.07) is 13.0. The molecule has 0 fully saturated rings. The number of nitrogens with one attached hydrogen (secondary N) is 2. The topological polar surface area (TPSA) is 76.7 Å². The van der Waals surface area contributed by atoms with Crippen molar-refractivity contribution in [3.63, 3.8) is 0 Å². The molecule has 2 aromatic rings. The van der Waals surface area contributed by atoms with Crippen LogP contribution in [-0.2, 0) is 11.4 Å². The molecular weight excluding hydrogens is 392 g/mol. The zero-order valence-corrected chi connectivity index (χ0v) is 17.7. The van der Waals surface area contributed by atoms with E-state index in [0.29, 0.717) is 35.8 Å². The molecule has 1 atom stereocenters. The number of carbonyl (C=O) groups excluding carboxylic acids is 2. The molecule has 156 valence electrons. The van der Waals surface area contributed by atoms with E-state index in [4.69, 9.17) is 9.47 Å². The van der Waals surface area contributed by atoms with E-state index in [9.17, 15) is 9.59 Å². The van der Waals surface area contributed by atoms with Crippen molar-refractivity contribution in [1.29, 1.82) is 0 Å². The van der Waals surface area contributed by atoms with Crippen molar-refractivity contribution in [2.75, 3.05) is 11.9 Å². The number of rotatable bonds is 8. The maximum atomic E-state index is 13.1. The molecule has 1 aliphatic rings. The number of benzene rings is 2. The Labute approximate surface area is 177 Å². The highest BCUT2D eigenvalue weighted by Crippen LogP contribution is 2.40. The molecule has 7 heteroatoms. The molecule has 0 saturated carbocycles. The van der Waals surface area contributed by atoms with E-state index in [1.54, 1.807) is 12.1 Å². The molecule has 6 nitrogen and oxygen atoms in total. The standard InChI is InChI=1S/C22H26N2O4.ClH/c1-4-17(23-14(2)3)21(26)16-10-11-18(20-22(16)28-13-19(25)24-20)27-12-15-8-6-5-7-9-15;/h5-11,14,17,23H,4,12-13H2,1-3H3,(H,24,25);1H. The van der Waals surface area contributed by atoms with Gasteiger partial charge in [-0.05, 0) is 24.1 Å². The molecule has 2 aromatic carbocycles. The highest BCUT2D eigenvalue weighted by atomic mass is 35.5. The largest absolute Gasteiger partial charge is 0.487 e. The second kappa shape index (κ2) is 10.3. The molecule has 0 bridgehead atoms. The lowest BCUT2D eigenvalue weighted by atomic mass is 9.99. The number of amides is 1. The summed E-state index contributed by atoms with van der Waals surface area (Å²) in [5, 5.41) is 6.08. The predicted molar refractivity (Wildman–Crippen MR) is 115 cm³/mol. The van der Waals surface area contributed by atoms with Crippen LogP contribution in [-0.4, -0.2) is 30.4 Å². The van der Waals surface area contributed by atoms with E-state index in [1.165, 1.54) is 0 Å². The summed E-state index contributed by atoms with van der Waals surface area (Å²) in [5.41, 5.74) is 1.87. The molecule has 0 aromatic heterocycles. The average molecular weight is 419 g/mol. The Bertz CT molecular complexity index is 855. The maximum Gasteiger partial charge on any atom is 0.262 e. The third-order valence-corrected chi connectivity index (χ3v) is 4.49. The van der Waals surface area contributed by atoms with Crippen LogP contribution in [0.3, 0.4) is 0 Å². The SMILES string of the molecule is CCC(NC(C)C)C(=O)c1ccc(OCc2ccccc2)c2c1OCC(=O)N2.Cl. The molecule has 1 aliphatic heterocycles. The summed E-state index contributed by atoms with van der Waals surface area (Å²) in [6.07, 6.45) is 0.657. The third kappa shape index (κ3) is 5.49. The Morgan fingerprint density at radius 1 is 1.21 bits per heavy atom. The highest BCUT2D eigenvalue weighted by molar-refractivity contribution is 6.07. The van der Waals surface area contributed by atoms with Gasteiger partial charge in [0, 0.05) is 6.04 Å². The van der Waals surface area contributed by atoms with Gasteiger partial charge in [-0.2, -0.15) is 0 Å². The van der Waals surface area contributed by atoms with Crippen LogP contribution < -0.4 is 20.1 Å². The molecule has 1 unspecified atom stereocenters. The molecule has 3 rings (SSSR count). The normalized spacial score (nSPS) is 13.6. The van der Waals surface area contributed by atoms with Crippen LogP contribution in [0.15, 0.2) is 42.5 Å². The number of halogens is 1. The van der Waals surface area contributed by atoms with Crippen molar-refractivity contribution in [3.05, 3.63) is 53.6 Å². The van der Waals surface area contributed by atoms with Crippen molar-refractivity contribution in [2.24, 2.45) is 0 Å². The van der Waals surface area contributed by atoms with Gasteiger partial charge in [0.1, 0.15) is 18.0 Å². The van der Waals surface area contributed by atoms with E-state index >= 15 is 0 Å². The number of Topliss-reactive ketones (excluding diaryl/α,β-unsaturated/α-hetero) is 1. The van der Waals surface area contributed by atoms with Gasteiger partial charge in [0.2, 0.25) is 0 Å². The average Bonchev–Trinajstić information content (AvgIpc) is 2.70. The fourth-order valence-electron chi connectivity index (χ4n) is 3.16. The van der Waals surface area contributed by atoms with E-state index in [0.717, 1.165) is 5.56 Å². The number of carbonyl (C=O) groups is 2. The van der Waals surface area contributed by atoms with Crippen LogP contribution in [0.5, 0.6) is 11.5 Å². The maximum absolute atomic E-state index is 13.1. The van der Waals surface area contributed by atoms with Gasteiger partial charge >= 0.3 is 0 Å². The lowest BCUT2D eigenvalue weighted by Crippen LogP contribution is -2.41. The molecule has 0 spiro atoms. The molecule has 1 amide bonds. The number of fused-ring (bicyclic) bond motifs is 1. The van der Waals surface area contributed by atoms with E-state index in [-0.39, 0.29) is 42.8 Å². The van der Waals surface area contributed by atoms with Gasteiger partial charge in [-0.25, -0.2) is 0 Å². The van der Waals surface area contributed by atoms with Crippen molar-refractivity contribution >= 4 is 29.8 Å². The van der Waals surface area contributed by atoms with Crippen molar-refractivity contribution in [3.8, 4) is 11.5 Å². The van der Waals surface area contributed by atoms with E-state index < -0.39 is 0 Å². The zero-order valence-electron chi connectivity index (χ0n) is 16.9. The summed E-state index contributed by atoms with van der Waals surface area (Å²) < 4.78 is 11.5. The molecule has 0 aliphatic carbocycles. The lowest BCUT2D eigenvalue weighted by Gasteiger charge is -2.25. The van der Waals surface area contributed by atoms with Crippen LogP contribution in [0, 0.1) is 0 Å². The van der Waals surface area contributed by atoms with Gasteiger partial charge in [-0.3, -0.25) is 9.59 Å². The minimum Gasteiger partial charge on any atom is -0.487 e. The monoisotopic (exact) mass is 418 g/mol. The van der Waals surface area contributed by atoms with Crippen LogP contribution in [0.1, 0.15) is 43.1 Å². The quantitative estimate of drug-likeness (QED) is 0.634. The van der Waals surface area contributed by atoms with Gasteiger partial charge in [0.25, 0.3) is 5.91 Å². The predicted octanol–water partition coefficient (Wildman–Crippen LogP) is 3.98. The Hall–Kier alpha value is -2.57. The summed E-state index contributed by atoms with van der Waals surface area (Å²) in [5.74, 6) is 0.528. The summed E-state index contributed by atoms with van der Waals surface area (Å²) in [4.78, 5) is 24.9. The van der Waals surface area contributed by atoms with Crippen LogP contribution in [0.25, 0.3) is 0 Å². The van der Waals surface area contributed by atoms with Crippen molar-refractivity contribution in [1.82, 2.24) is 5.32 Å². The smallest absolute Gasteiger partial charge is 0.262 e. The Morgan fingerprint density at radius 2 is 1.93 bits per heavy atom. The number of hydrogen-bond donors (Lipinski definition) is 2. The lowest BCUT2D eigenvalue weighted by molar-refractivity contribution is -0.118. The summed E-state index contributed by atoms with van der Waals surface area (Å²) in [7, 11) is 0. The molecule has 0 radical (unpaired) electrons. The summed E-state index contributed by atoms with van der Waals surface area (Å²) in [6.45, 7) is 6.20. The number of hydrogen-bond acceptors (Lipinski definition) is 5. The first kappa shape index (κ1) is 22.7. The number of anilines is 1. The Balaban J connectivity index is 0.00000300. The first-order chi connectivity index (χ1) is 13.5. The van der Waals surface area contributed by atoms with Gasteiger partial charge in [-0.15, -0.1) is 12.4 Å². The fourth-order valence-corrected chi connectivity index (χ4v) is 3.16. The van der Waals surface area contributed by atoms with Crippen LogP contribution >= 0.6 is 12.4 Å². The minimum absolute atomic E-state index is 0. The number of ether oxygens (including phenoxy) is 2. The molecule has 2 N–H and O–H groups in total. The second-order valence-corrected chi connectivity index (χ2v) is 7.07. The van der Waals surface area contributed by atoms with Crippen molar-refractivity contribution in [2.45, 2.75) is 45.9 Å². The molecule has 1 heterocycles. The first-order valence-corrected chi connectivity index (χ1v) is 9.56. The van der Waals surface area contributed by atoms with Gasteiger partial charge in [0.05, 0.1) is 11.6 Å². The zero-order chi connectivity index (χ0) is 20.1. The second-order valence-electron chi connectivity index (χ2n) is 7.07. The third-order valence-electron chi connectivity index (χ3n) is 4.49. The minimum atomic E-state index is -0.318. The van der Waals surface area contributed by atoms with Crippen molar-refractivity contribution < 1.29 is 19.1 Å². The van der Waals surface area contributed by atoms with E-state index in [2.05, 4.69) is 10.6 Å². The van der Waals surface area contributed by atoms with Crippen LogP contribution in [0.4, 0.5) is 5.69 Å². The van der Waals surface area contributed by atoms with Gasteiger partial charge in [0.15, 0.2) is 18.1 Å². The molecule has 0 saturated heterocycles. The van der Waals surface area contributed by atoms with Gasteiger partial charge < -0.3 is 20.1 Å². The van der Waals surface area contributed by atoms with Crippen LogP contribution in [0.2, 0.25) is 0 Å². The Morgan fingerprint density at radius 3 is 2.59 bits per heavy atom. The highest BCUT2D eigenvalue weighted by Gasteiger charge is 2.29. The Kier molecular flexibility index (Phi) is 8.05.